The van der Waals surface area contributed by atoms with E-state index in [2.05, 4.69) is 37.2 Å². The molecule has 1 N–H and O–H groups in total. The van der Waals surface area contributed by atoms with Crippen LogP contribution in [0.1, 0.15) is 5.56 Å². The summed E-state index contributed by atoms with van der Waals surface area (Å²) < 4.78 is 7.22. The van der Waals surface area contributed by atoms with Gasteiger partial charge in [-0.2, -0.15) is 0 Å². The zero-order valence-electron chi connectivity index (χ0n) is 12.5. The molecule has 1 saturated heterocycles. The van der Waals surface area contributed by atoms with E-state index in [4.69, 9.17) is 4.74 Å². The van der Waals surface area contributed by atoms with Crippen molar-refractivity contribution in [3.63, 3.8) is 0 Å². The maximum Gasteiger partial charge on any atom is 0.267 e. The van der Waals surface area contributed by atoms with E-state index >= 15 is 0 Å². The van der Waals surface area contributed by atoms with Crippen LogP contribution < -0.4 is 15.0 Å². The Balaban J connectivity index is 1.74. The highest BCUT2D eigenvalue weighted by Crippen LogP contribution is 2.47. The number of thioether (sulfide) groups is 1. The van der Waals surface area contributed by atoms with Crippen LogP contribution in [0.3, 0.4) is 0 Å². The van der Waals surface area contributed by atoms with Crippen LogP contribution in [-0.2, 0) is 4.79 Å². The molecule has 0 aliphatic carbocycles. The number of para-hydroxylation sites is 2. The predicted molar refractivity (Wildman–Crippen MR) is 105 cm³/mol. The molecule has 1 amide bonds. The van der Waals surface area contributed by atoms with E-state index in [1.807, 2.05) is 42.5 Å². The van der Waals surface area contributed by atoms with Crippen molar-refractivity contribution in [3.05, 3.63) is 55.8 Å². The quantitative estimate of drug-likeness (QED) is 0.627. The van der Waals surface area contributed by atoms with E-state index in [9.17, 15) is 4.79 Å². The summed E-state index contributed by atoms with van der Waals surface area (Å²) in [5, 5.41) is 3.37. The number of halogens is 2. The summed E-state index contributed by atoms with van der Waals surface area (Å²) in [6.07, 6.45) is 1.88. The molecule has 0 radical (unpaired) electrons. The Morgan fingerprint density at radius 2 is 2.08 bits per heavy atom. The Morgan fingerprint density at radius 1 is 1.29 bits per heavy atom. The lowest BCUT2D eigenvalue weighted by Gasteiger charge is -2.13. The van der Waals surface area contributed by atoms with Crippen molar-refractivity contribution in [1.29, 1.82) is 0 Å². The number of ether oxygens (including phenoxy) is 1. The number of hydrogen-bond acceptors (Lipinski definition) is 4. The van der Waals surface area contributed by atoms with Gasteiger partial charge in [-0.05, 0) is 46.3 Å². The number of carbonyl (C=O) groups is 1. The molecule has 122 valence electrons. The summed E-state index contributed by atoms with van der Waals surface area (Å²) in [7, 11) is 1.62. The lowest BCUT2D eigenvalue weighted by Crippen LogP contribution is -2.31. The topological polar surface area (TPSA) is 41.6 Å². The molecule has 4 nitrogen and oxygen atoms in total. The van der Waals surface area contributed by atoms with Crippen LogP contribution in [0.2, 0.25) is 0 Å². The van der Waals surface area contributed by atoms with Crippen molar-refractivity contribution in [2.24, 2.45) is 0 Å². The molecular formula is C17H12Br2N2O2S. The van der Waals surface area contributed by atoms with Gasteiger partial charge in [-0.15, -0.1) is 0 Å². The predicted octanol–water partition coefficient (Wildman–Crippen LogP) is 5.05. The van der Waals surface area contributed by atoms with Crippen LogP contribution in [0.15, 0.2) is 50.2 Å². The molecule has 0 unspecified atom stereocenters. The molecule has 2 aromatic rings. The van der Waals surface area contributed by atoms with E-state index in [-0.39, 0.29) is 11.4 Å². The minimum atomic E-state index is -0.0947. The Labute approximate surface area is 160 Å². The smallest absolute Gasteiger partial charge is 0.267 e. The van der Waals surface area contributed by atoms with Gasteiger partial charge in [-0.3, -0.25) is 9.69 Å². The Kier molecular flexibility index (Phi) is 4.10. The van der Waals surface area contributed by atoms with Crippen molar-refractivity contribution in [1.82, 2.24) is 0 Å². The maximum absolute atomic E-state index is 12.9. The average Bonchev–Trinajstić information content (AvgIpc) is 3.04. The first-order valence-electron chi connectivity index (χ1n) is 7.19. The third kappa shape index (κ3) is 2.55. The first kappa shape index (κ1) is 16.1. The zero-order chi connectivity index (χ0) is 16.8. The van der Waals surface area contributed by atoms with Crippen molar-refractivity contribution < 1.29 is 9.53 Å². The number of hydrogen-bond donors (Lipinski definition) is 1. The third-order valence-electron chi connectivity index (χ3n) is 3.87. The molecule has 2 aliphatic heterocycles. The van der Waals surface area contributed by atoms with Crippen LogP contribution in [0, 0.1) is 0 Å². The second-order valence-electron chi connectivity index (χ2n) is 5.33. The summed E-state index contributed by atoms with van der Waals surface area (Å²) in [5.74, 6) is 0.708. The van der Waals surface area contributed by atoms with E-state index in [1.54, 1.807) is 12.0 Å². The molecule has 0 spiro atoms. The van der Waals surface area contributed by atoms with Crippen LogP contribution >= 0.6 is 43.6 Å². The van der Waals surface area contributed by atoms with Gasteiger partial charge in [0.05, 0.1) is 27.9 Å². The van der Waals surface area contributed by atoms with Crippen molar-refractivity contribution in [2.45, 2.75) is 5.50 Å². The molecule has 4 rings (SSSR count). The fraction of sp³-hybridized carbons (Fsp3) is 0.118. The normalized spacial score (nSPS) is 20.1. The summed E-state index contributed by atoms with van der Waals surface area (Å²) in [5.41, 5.74) is 2.67. The lowest BCUT2D eigenvalue weighted by atomic mass is 10.2. The Bertz CT molecular complexity index is 885. The monoisotopic (exact) mass is 466 g/mol. The molecule has 2 aliphatic rings. The molecular weight excluding hydrogens is 456 g/mol. The van der Waals surface area contributed by atoms with Crippen molar-refractivity contribution >= 4 is 67.0 Å². The van der Waals surface area contributed by atoms with Gasteiger partial charge < -0.3 is 10.1 Å². The number of nitrogens with one attached hydrogen (secondary N) is 1. The third-order valence-corrected chi connectivity index (χ3v) is 6.02. The number of fused-ring (bicyclic) bond motifs is 3. The molecule has 7 heteroatoms. The van der Waals surface area contributed by atoms with Crippen LogP contribution in [0.25, 0.3) is 6.08 Å². The van der Waals surface area contributed by atoms with Gasteiger partial charge in [0.25, 0.3) is 5.91 Å². The summed E-state index contributed by atoms with van der Waals surface area (Å²) >= 11 is 8.49. The van der Waals surface area contributed by atoms with Crippen molar-refractivity contribution in [3.8, 4) is 5.75 Å². The van der Waals surface area contributed by atoms with Crippen LogP contribution in [0.5, 0.6) is 5.75 Å². The van der Waals surface area contributed by atoms with Crippen LogP contribution in [0.4, 0.5) is 11.4 Å². The molecule has 2 aromatic carbocycles. The highest BCUT2D eigenvalue weighted by Gasteiger charge is 2.42. The first-order chi connectivity index (χ1) is 11.6. The Morgan fingerprint density at radius 3 is 2.88 bits per heavy atom. The summed E-state index contributed by atoms with van der Waals surface area (Å²) in [6, 6.07) is 11.7. The van der Waals surface area contributed by atoms with Gasteiger partial charge in [-0.25, -0.2) is 0 Å². The van der Waals surface area contributed by atoms with Gasteiger partial charge in [0.1, 0.15) is 5.75 Å². The highest BCUT2D eigenvalue weighted by molar-refractivity contribution is 9.11. The van der Waals surface area contributed by atoms with Gasteiger partial charge >= 0.3 is 0 Å². The summed E-state index contributed by atoms with van der Waals surface area (Å²) in [6.45, 7) is 0. The molecule has 1 atom stereocenters. The van der Waals surface area contributed by atoms with Gasteiger partial charge in [-0.1, -0.05) is 39.8 Å². The standard InChI is InChI=1S/C17H12Br2N2O2S/c1-23-15-9(6-10(18)8-11(15)19)7-14-16(22)21-13-5-3-2-4-12(13)20-17(21)24-14/h2-8,17,20H,1H3/b14-7-/t17-/m0/s1. The lowest BCUT2D eigenvalue weighted by molar-refractivity contribution is -0.114. The molecule has 0 aromatic heterocycles. The van der Waals surface area contributed by atoms with Gasteiger partial charge in [0, 0.05) is 10.0 Å². The molecule has 1 fully saturated rings. The zero-order valence-corrected chi connectivity index (χ0v) is 16.5. The molecule has 24 heavy (non-hydrogen) atoms. The van der Waals surface area contributed by atoms with Crippen LogP contribution in [-0.4, -0.2) is 18.5 Å². The minimum Gasteiger partial charge on any atom is -0.495 e. The number of nitrogens with zero attached hydrogens (tertiary/aromatic N) is 1. The number of anilines is 2. The molecule has 2 heterocycles. The largest absolute Gasteiger partial charge is 0.495 e. The highest BCUT2D eigenvalue weighted by atomic mass is 79.9. The minimum absolute atomic E-state index is 0.000557. The Hall–Kier alpha value is -1.44. The SMILES string of the molecule is COc1c(Br)cc(Br)cc1/C=C1\S[C@H]2Nc3ccccc3N2C1=O. The van der Waals surface area contributed by atoms with E-state index < -0.39 is 0 Å². The fourth-order valence-electron chi connectivity index (χ4n) is 2.86. The number of carbonyl (C=O) groups excluding carboxylic acids is 1. The second kappa shape index (κ2) is 6.13. The number of amides is 1. The first-order valence-corrected chi connectivity index (χ1v) is 9.65. The average molecular weight is 468 g/mol. The van der Waals surface area contributed by atoms with E-state index in [0.717, 1.165) is 25.9 Å². The van der Waals surface area contributed by atoms with E-state index in [1.165, 1.54) is 11.8 Å². The van der Waals surface area contributed by atoms with Crippen molar-refractivity contribution in [2.75, 3.05) is 17.3 Å². The number of methoxy groups -OCH3 is 1. The summed E-state index contributed by atoms with van der Waals surface area (Å²) in [4.78, 5) is 15.3. The maximum atomic E-state index is 12.9. The van der Waals surface area contributed by atoms with E-state index in [0.29, 0.717) is 10.7 Å². The van der Waals surface area contributed by atoms with Gasteiger partial charge in [0.15, 0.2) is 5.50 Å². The second-order valence-corrected chi connectivity index (χ2v) is 8.22. The number of rotatable bonds is 2. The fourth-order valence-corrected chi connectivity index (χ4v) is 5.41. The molecule has 0 bridgehead atoms. The van der Waals surface area contributed by atoms with Gasteiger partial charge in [0.2, 0.25) is 0 Å². The molecule has 0 saturated carbocycles. The number of benzene rings is 2.